The molecule has 1 fully saturated rings. The van der Waals surface area contributed by atoms with Gasteiger partial charge in [0.25, 0.3) is 0 Å². The second-order valence-electron chi connectivity index (χ2n) is 6.09. The van der Waals surface area contributed by atoms with Crippen molar-refractivity contribution >= 4 is 23.3 Å². The molecule has 2 heterocycles. The summed E-state index contributed by atoms with van der Waals surface area (Å²) in [6.07, 6.45) is -4.00. The minimum Gasteiger partial charge on any atom is -0.465 e. The number of carbonyl (C=O) groups is 2. The maximum Gasteiger partial charge on any atom is 0.492 e. The molecule has 11 heteroatoms. The van der Waals surface area contributed by atoms with Gasteiger partial charge in [0.1, 0.15) is 10.0 Å². The Hall–Kier alpha value is -2.53. The van der Waals surface area contributed by atoms with Crippen LogP contribution in [0.4, 0.5) is 13.2 Å². The molecule has 1 aliphatic heterocycles. The molecule has 0 N–H and O–H groups in total. The molecule has 7 nitrogen and oxygen atoms in total. The van der Waals surface area contributed by atoms with Crippen LogP contribution in [0.25, 0.3) is 10.6 Å². The third-order valence-corrected chi connectivity index (χ3v) is 5.38. The fraction of sp³-hybridized carbons (Fsp3) is 0.412. The highest BCUT2D eigenvalue weighted by atomic mass is 32.1. The lowest BCUT2D eigenvalue weighted by Crippen LogP contribution is -2.39. The number of benzene rings is 1. The lowest BCUT2D eigenvalue weighted by atomic mass is 9.99. The number of nitrogens with zero attached hydrogens (tertiary/aromatic N) is 3. The summed E-state index contributed by atoms with van der Waals surface area (Å²) in [6.45, 7) is 0.379. The van der Waals surface area contributed by atoms with Crippen LogP contribution in [-0.2, 0) is 14.4 Å². The van der Waals surface area contributed by atoms with Crippen molar-refractivity contribution in [2.24, 2.45) is 0 Å². The van der Waals surface area contributed by atoms with Gasteiger partial charge in [-0.3, -0.25) is 0 Å². The van der Waals surface area contributed by atoms with Crippen molar-refractivity contribution in [3.05, 3.63) is 34.8 Å². The summed E-state index contributed by atoms with van der Waals surface area (Å²) >= 11 is 1.39. The van der Waals surface area contributed by atoms with Crippen LogP contribution in [0.2, 0.25) is 0 Å². The van der Waals surface area contributed by atoms with E-state index in [1.165, 1.54) is 18.4 Å². The van der Waals surface area contributed by atoms with Crippen LogP contribution in [0.3, 0.4) is 0 Å². The monoisotopic (exact) mass is 415 g/mol. The smallest absolute Gasteiger partial charge is 0.465 e. The summed E-state index contributed by atoms with van der Waals surface area (Å²) in [7, 11) is 1.31. The first-order valence-electron chi connectivity index (χ1n) is 8.34. The number of hydrogen-bond acceptors (Lipinski definition) is 8. The quantitative estimate of drug-likeness (QED) is 0.710. The second-order valence-corrected chi connectivity index (χ2v) is 7.10. The standard InChI is InChI=1S/C17H16F3N3O4S/c1-26-15(24)12-4-2-10(3-5-12)13-21-22-14(28-13)11-6-8-23(9-7-11)27-16(25)17(18,19)20/h2-5,11H,6-9H2,1H3. The molecule has 0 amide bonds. The fourth-order valence-corrected chi connectivity index (χ4v) is 3.76. The first-order valence-corrected chi connectivity index (χ1v) is 9.16. The molecule has 2 aromatic rings. The summed E-state index contributed by atoms with van der Waals surface area (Å²) in [5.41, 5.74) is 1.23. The van der Waals surface area contributed by atoms with Crippen LogP contribution < -0.4 is 0 Å². The molecule has 0 aliphatic carbocycles. The van der Waals surface area contributed by atoms with Crippen LogP contribution in [0, 0.1) is 0 Å². The summed E-state index contributed by atoms with van der Waals surface area (Å²) in [4.78, 5) is 26.7. The molecule has 0 spiro atoms. The minimum absolute atomic E-state index is 0.0291. The Bertz CT molecular complexity index is 846. The molecule has 0 saturated carbocycles. The summed E-state index contributed by atoms with van der Waals surface area (Å²) in [5, 5.41) is 10.8. The van der Waals surface area contributed by atoms with Gasteiger partial charge in [-0.15, -0.1) is 15.3 Å². The number of hydrogen-bond donors (Lipinski definition) is 0. The van der Waals surface area contributed by atoms with Crippen molar-refractivity contribution in [3.63, 3.8) is 0 Å². The summed E-state index contributed by atoms with van der Waals surface area (Å²) in [6, 6.07) is 6.76. The number of ether oxygens (including phenoxy) is 1. The van der Waals surface area contributed by atoms with Crippen LogP contribution in [-0.4, -0.2) is 53.6 Å². The third kappa shape index (κ3) is 4.65. The number of carbonyl (C=O) groups excluding carboxylic acids is 2. The Morgan fingerprint density at radius 2 is 1.79 bits per heavy atom. The molecule has 1 saturated heterocycles. The molecule has 150 valence electrons. The van der Waals surface area contributed by atoms with Crippen molar-refractivity contribution in [2.75, 3.05) is 20.2 Å². The SMILES string of the molecule is COC(=O)c1ccc(-c2nnc(C3CCN(OC(=O)C(F)(F)F)CC3)s2)cc1. The number of aromatic nitrogens is 2. The van der Waals surface area contributed by atoms with Crippen molar-refractivity contribution < 1.29 is 32.3 Å². The summed E-state index contributed by atoms with van der Waals surface area (Å²) < 4.78 is 41.4. The Morgan fingerprint density at radius 3 is 2.36 bits per heavy atom. The van der Waals surface area contributed by atoms with Crippen LogP contribution in [0.5, 0.6) is 0 Å². The van der Waals surface area contributed by atoms with Gasteiger partial charge in [0.15, 0.2) is 0 Å². The van der Waals surface area contributed by atoms with E-state index >= 15 is 0 Å². The molecule has 0 radical (unpaired) electrons. The van der Waals surface area contributed by atoms with Gasteiger partial charge in [-0.1, -0.05) is 23.5 Å². The number of alkyl halides is 3. The lowest BCUT2D eigenvalue weighted by molar-refractivity contribution is -0.241. The van der Waals surface area contributed by atoms with E-state index in [4.69, 9.17) is 0 Å². The number of hydroxylamine groups is 2. The average Bonchev–Trinajstić information content (AvgIpc) is 3.17. The second kappa shape index (κ2) is 8.23. The minimum atomic E-state index is -5.01. The Kier molecular flexibility index (Phi) is 5.94. The number of halogens is 3. The zero-order valence-electron chi connectivity index (χ0n) is 14.7. The van der Waals surface area contributed by atoms with E-state index in [-0.39, 0.29) is 19.0 Å². The van der Waals surface area contributed by atoms with Gasteiger partial charge < -0.3 is 9.57 Å². The van der Waals surface area contributed by atoms with Crippen LogP contribution in [0.15, 0.2) is 24.3 Å². The van der Waals surface area contributed by atoms with E-state index in [0.29, 0.717) is 23.4 Å². The van der Waals surface area contributed by atoms with Crippen LogP contribution in [0.1, 0.15) is 34.1 Å². The van der Waals surface area contributed by atoms with Crippen molar-refractivity contribution in [1.29, 1.82) is 0 Å². The number of methoxy groups -OCH3 is 1. The zero-order chi connectivity index (χ0) is 20.3. The Balaban J connectivity index is 1.59. The van der Waals surface area contributed by atoms with E-state index in [0.717, 1.165) is 15.6 Å². The third-order valence-electron chi connectivity index (χ3n) is 4.24. The van der Waals surface area contributed by atoms with Crippen molar-refractivity contribution in [1.82, 2.24) is 15.3 Å². The van der Waals surface area contributed by atoms with E-state index in [2.05, 4.69) is 19.8 Å². The van der Waals surface area contributed by atoms with Gasteiger partial charge in [0.05, 0.1) is 12.7 Å². The molecule has 3 rings (SSSR count). The Morgan fingerprint density at radius 1 is 1.14 bits per heavy atom. The zero-order valence-corrected chi connectivity index (χ0v) is 15.5. The molecule has 1 aliphatic rings. The first-order chi connectivity index (χ1) is 13.3. The molecule has 0 unspecified atom stereocenters. The normalized spacial score (nSPS) is 16.0. The maximum absolute atomic E-state index is 12.3. The topological polar surface area (TPSA) is 81.6 Å². The van der Waals surface area contributed by atoms with Gasteiger partial charge >= 0.3 is 18.1 Å². The van der Waals surface area contributed by atoms with Crippen molar-refractivity contribution in [2.45, 2.75) is 24.9 Å². The molecular formula is C17H16F3N3O4S. The molecule has 0 atom stereocenters. The number of esters is 1. The van der Waals surface area contributed by atoms with E-state index in [1.807, 2.05) is 0 Å². The highest BCUT2D eigenvalue weighted by Gasteiger charge is 2.43. The largest absolute Gasteiger partial charge is 0.492 e. The molecule has 1 aromatic carbocycles. The predicted octanol–water partition coefficient (Wildman–Crippen LogP) is 3.19. The lowest BCUT2D eigenvalue weighted by Gasteiger charge is -2.29. The highest BCUT2D eigenvalue weighted by Crippen LogP contribution is 2.34. The van der Waals surface area contributed by atoms with E-state index in [1.54, 1.807) is 24.3 Å². The van der Waals surface area contributed by atoms with Gasteiger partial charge in [0, 0.05) is 24.6 Å². The Labute approximate surface area is 162 Å². The van der Waals surface area contributed by atoms with Gasteiger partial charge in [0.2, 0.25) is 0 Å². The van der Waals surface area contributed by atoms with Crippen LogP contribution >= 0.6 is 11.3 Å². The molecule has 0 bridgehead atoms. The fourth-order valence-electron chi connectivity index (χ4n) is 2.75. The number of rotatable bonds is 4. The summed E-state index contributed by atoms with van der Waals surface area (Å²) in [5.74, 6) is -2.61. The van der Waals surface area contributed by atoms with Gasteiger partial charge in [-0.2, -0.15) is 13.2 Å². The highest BCUT2D eigenvalue weighted by molar-refractivity contribution is 7.14. The first kappa shape index (κ1) is 20.2. The molecular weight excluding hydrogens is 399 g/mol. The number of piperidine rings is 1. The predicted molar refractivity (Wildman–Crippen MR) is 92.4 cm³/mol. The van der Waals surface area contributed by atoms with Gasteiger partial charge in [-0.25, -0.2) is 9.59 Å². The average molecular weight is 415 g/mol. The van der Waals surface area contributed by atoms with E-state index < -0.39 is 18.1 Å². The molecule has 28 heavy (non-hydrogen) atoms. The van der Waals surface area contributed by atoms with Gasteiger partial charge in [-0.05, 0) is 25.0 Å². The maximum atomic E-state index is 12.3. The van der Waals surface area contributed by atoms with Crippen molar-refractivity contribution in [3.8, 4) is 10.6 Å². The molecule has 1 aromatic heterocycles. The van der Waals surface area contributed by atoms with E-state index in [9.17, 15) is 22.8 Å².